The third kappa shape index (κ3) is 3.91. The molecule has 0 saturated carbocycles. The van der Waals surface area contributed by atoms with Crippen LogP contribution >= 0.6 is 11.6 Å². The van der Waals surface area contributed by atoms with Crippen molar-refractivity contribution in [3.05, 3.63) is 59.4 Å². The predicted octanol–water partition coefficient (Wildman–Crippen LogP) is 3.61. The van der Waals surface area contributed by atoms with Crippen molar-refractivity contribution < 1.29 is 9.21 Å². The summed E-state index contributed by atoms with van der Waals surface area (Å²) in [6.45, 7) is 1.98. The highest BCUT2D eigenvalue weighted by molar-refractivity contribution is 6.30. The van der Waals surface area contributed by atoms with Gasteiger partial charge in [-0.2, -0.15) is 5.10 Å². The average Bonchev–Trinajstić information content (AvgIpc) is 3.33. The second kappa shape index (κ2) is 7.58. The fourth-order valence-corrected chi connectivity index (χ4v) is 3.41. The molecule has 0 radical (unpaired) electrons. The van der Waals surface area contributed by atoms with Gasteiger partial charge in [0, 0.05) is 17.1 Å². The number of hydrogen-bond donors (Lipinski definition) is 1. The van der Waals surface area contributed by atoms with Crippen molar-refractivity contribution in [1.29, 1.82) is 0 Å². The lowest BCUT2D eigenvalue weighted by Gasteiger charge is -2.29. The summed E-state index contributed by atoms with van der Waals surface area (Å²) in [5, 5.41) is 8.29. The molecule has 0 bridgehead atoms. The Morgan fingerprint density at radius 2 is 1.96 bits per heavy atom. The van der Waals surface area contributed by atoms with Gasteiger partial charge in [-0.05, 0) is 69.4 Å². The number of carbonyl (C=O) groups excluding carboxylic acids is 1. The van der Waals surface area contributed by atoms with E-state index >= 15 is 0 Å². The number of nitrogens with zero attached hydrogens (tertiary/aromatic N) is 3. The van der Waals surface area contributed by atoms with E-state index in [2.05, 4.69) is 22.4 Å². The highest BCUT2D eigenvalue weighted by Gasteiger charge is 2.22. The lowest BCUT2D eigenvalue weighted by atomic mass is 10.1. The van der Waals surface area contributed by atoms with E-state index in [0.717, 1.165) is 37.3 Å². The Bertz CT molecular complexity index is 910. The minimum absolute atomic E-state index is 0.162. The summed E-state index contributed by atoms with van der Waals surface area (Å²) in [6.07, 6.45) is 3.50. The summed E-state index contributed by atoms with van der Waals surface area (Å²) in [5.74, 6) is 0.487. The first kappa shape index (κ1) is 17.8. The number of benzene rings is 1. The molecule has 1 aliphatic rings. The maximum Gasteiger partial charge on any atom is 0.272 e. The number of likely N-dealkylation sites (tertiary alicyclic amines) is 1. The van der Waals surface area contributed by atoms with Crippen molar-refractivity contribution >= 4 is 17.5 Å². The van der Waals surface area contributed by atoms with Gasteiger partial charge in [0.15, 0.2) is 11.5 Å². The summed E-state index contributed by atoms with van der Waals surface area (Å²) >= 11 is 6.00. The minimum atomic E-state index is -0.162. The lowest BCUT2D eigenvalue weighted by molar-refractivity contribution is 0.0911. The number of rotatable bonds is 4. The highest BCUT2D eigenvalue weighted by atomic mass is 35.5. The molecule has 4 rings (SSSR count). The van der Waals surface area contributed by atoms with Gasteiger partial charge in [0.05, 0.1) is 12.0 Å². The van der Waals surface area contributed by atoms with E-state index in [0.29, 0.717) is 16.5 Å². The van der Waals surface area contributed by atoms with E-state index in [-0.39, 0.29) is 11.9 Å². The quantitative estimate of drug-likeness (QED) is 0.746. The van der Waals surface area contributed by atoms with Crippen LogP contribution in [-0.4, -0.2) is 46.8 Å². The molecule has 0 aliphatic carbocycles. The maximum absolute atomic E-state index is 12.8. The number of amides is 1. The van der Waals surface area contributed by atoms with E-state index < -0.39 is 0 Å². The second-order valence-electron chi connectivity index (χ2n) is 6.83. The molecular weight excluding hydrogens is 364 g/mol. The van der Waals surface area contributed by atoms with E-state index in [1.807, 2.05) is 24.3 Å². The van der Waals surface area contributed by atoms with Crippen LogP contribution in [0.4, 0.5) is 0 Å². The first-order valence-electron chi connectivity index (χ1n) is 8.99. The van der Waals surface area contributed by atoms with Crippen LogP contribution in [0.1, 0.15) is 23.3 Å². The Morgan fingerprint density at radius 1 is 1.22 bits per heavy atom. The fourth-order valence-electron chi connectivity index (χ4n) is 3.28. The summed E-state index contributed by atoms with van der Waals surface area (Å²) in [4.78, 5) is 15.0. The lowest BCUT2D eigenvalue weighted by Crippen LogP contribution is -2.43. The number of aromatic nitrogens is 2. The third-order valence-corrected chi connectivity index (χ3v) is 5.09. The molecule has 0 atom stereocenters. The summed E-state index contributed by atoms with van der Waals surface area (Å²) in [7, 11) is 2.10. The molecule has 7 heteroatoms. The van der Waals surface area contributed by atoms with Crippen LogP contribution in [0, 0.1) is 0 Å². The SMILES string of the molecule is CN1CCC(NC(=O)c2cc(-c3ccco3)n(-c3ccc(Cl)cc3)n2)CC1. The van der Waals surface area contributed by atoms with Crippen LogP contribution in [0.2, 0.25) is 5.02 Å². The zero-order valence-corrected chi connectivity index (χ0v) is 15.8. The van der Waals surface area contributed by atoms with Crippen LogP contribution in [0.3, 0.4) is 0 Å². The van der Waals surface area contributed by atoms with Gasteiger partial charge in [-0.1, -0.05) is 11.6 Å². The van der Waals surface area contributed by atoms with E-state index in [1.165, 1.54) is 0 Å². The molecule has 1 aromatic carbocycles. The first-order valence-corrected chi connectivity index (χ1v) is 9.37. The Hall–Kier alpha value is -2.57. The first-order chi connectivity index (χ1) is 13.1. The van der Waals surface area contributed by atoms with Crippen LogP contribution in [0.25, 0.3) is 17.1 Å². The molecule has 1 fully saturated rings. The number of piperidine rings is 1. The van der Waals surface area contributed by atoms with Crippen molar-refractivity contribution in [2.24, 2.45) is 0 Å². The van der Waals surface area contributed by atoms with Crippen LogP contribution < -0.4 is 5.32 Å². The summed E-state index contributed by atoms with van der Waals surface area (Å²) in [6, 6.07) is 12.9. The number of halogens is 1. The average molecular weight is 385 g/mol. The molecule has 2 aromatic heterocycles. The molecule has 0 spiro atoms. The molecule has 140 valence electrons. The maximum atomic E-state index is 12.8. The topological polar surface area (TPSA) is 63.3 Å². The summed E-state index contributed by atoms with van der Waals surface area (Å²) < 4.78 is 7.24. The van der Waals surface area contributed by atoms with Gasteiger partial charge in [-0.3, -0.25) is 4.79 Å². The van der Waals surface area contributed by atoms with Crippen molar-refractivity contribution in [2.45, 2.75) is 18.9 Å². The standard InChI is InChI=1S/C20H21ClN4O2/c1-24-10-8-15(9-11-24)22-20(26)17-13-18(19-3-2-12-27-19)25(23-17)16-6-4-14(21)5-7-16/h2-7,12-13,15H,8-11H2,1H3,(H,22,26). The van der Waals surface area contributed by atoms with Gasteiger partial charge in [-0.15, -0.1) is 0 Å². The number of furan rings is 1. The van der Waals surface area contributed by atoms with Gasteiger partial charge in [0.2, 0.25) is 0 Å². The van der Waals surface area contributed by atoms with E-state index in [4.69, 9.17) is 16.0 Å². The molecular formula is C20H21ClN4O2. The number of carbonyl (C=O) groups is 1. The third-order valence-electron chi connectivity index (χ3n) is 4.84. The van der Waals surface area contributed by atoms with E-state index in [1.54, 1.807) is 29.1 Å². The Kier molecular flexibility index (Phi) is 5.01. The van der Waals surface area contributed by atoms with Gasteiger partial charge < -0.3 is 14.6 Å². The minimum Gasteiger partial charge on any atom is -0.463 e. The summed E-state index contributed by atoms with van der Waals surface area (Å²) in [5.41, 5.74) is 1.90. The smallest absolute Gasteiger partial charge is 0.272 e. The van der Waals surface area contributed by atoms with Gasteiger partial charge >= 0.3 is 0 Å². The van der Waals surface area contributed by atoms with Crippen molar-refractivity contribution in [3.63, 3.8) is 0 Å². The van der Waals surface area contributed by atoms with Gasteiger partial charge in [-0.25, -0.2) is 4.68 Å². The van der Waals surface area contributed by atoms with Gasteiger partial charge in [0.25, 0.3) is 5.91 Å². The fraction of sp³-hybridized carbons (Fsp3) is 0.300. The van der Waals surface area contributed by atoms with Crippen molar-refractivity contribution in [1.82, 2.24) is 20.0 Å². The van der Waals surface area contributed by atoms with Crippen LogP contribution in [0.5, 0.6) is 0 Å². The number of nitrogens with one attached hydrogen (secondary N) is 1. The monoisotopic (exact) mass is 384 g/mol. The number of hydrogen-bond acceptors (Lipinski definition) is 4. The van der Waals surface area contributed by atoms with Gasteiger partial charge in [0.1, 0.15) is 5.69 Å². The Morgan fingerprint density at radius 3 is 2.63 bits per heavy atom. The highest BCUT2D eigenvalue weighted by Crippen LogP contribution is 2.25. The zero-order chi connectivity index (χ0) is 18.8. The second-order valence-corrected chi connectivity index (χ2v) is 7.27. The molecule has 1 aliphatic heterocycles. The molecule has 1 saturated heterocycles. The molecule has 0 unspecified atom stereocenters. The van der Waals surface area contributed by atoms with E-state index in [9.17, 15) is 4.79 Å². The zero-order valence-electron chi connectivity index (χ0n) is 15.1. The molecule has 27 heavy (non-hydrogen) atoms. The molecule has 1 amide bonds. The normalized spacial score (nSPS) is 15.8. The largest absolute Gasteiger partial charge is 0.463 e. The van der Waals surface area contributed by atoms with Crippen molar-refractivity contribution in [3.8, 4) is 17.1 Å². The van der Waals surface area contributed by atoms with Crippen LogP contribution in [-0.2, 0) is 0 Å². The molecule has 3 aromatic rings. The Labute approximate surface area is 162 Å². The molecule has 3 heterocycles. The van der Waals surface area contributed by atoms with Crippen molar-refractivity contribution in [2.75, 3.05) is 20.1 Å². The Balaban J connectivity index is 1.63. The predicted molar refractivity (Wildman–Crippen MR) is 104 cm³/mol. The molecule has 1 N–H and O–H groups in total. The molecule has 6 nitrogen and oxygen atoms in total. The van der Waals surface area contributed by atoms with Crippen LogP contribution in [0.15, 0.2) is 53.1 Å².